The normalized spacial score (nSPS) is 18.3. The van der Waals surface area contributed by atoms with Crippen LogP contribution in [-0.4, -0.2) is 30.4 Å². The fourth-order valence-corrected chi connectivity index (χ4v) is 5.61. The topological polar surface area (TPSA) is 82.0 Å². The molecule has 154 valence electrons. The lowest BCUT2D eigenvalue weighted by molar-refractivity contribution is 0.232. The SMILES string of the molecule is Cc1csc([C@H]2C[C@H](CO)n3c(-c4ccccc4)c4c(=O)n(C)c(=O)n(C)c4c32)n1. The molecule has 0 unspecified atom stereocenters. The third kappa shape index (κ3) is 2.50. The maximum absolute atomic E-state index is 13.3. The number of aromatic nitrogens is 4. The van der Waals surface area contributed by atoms with Crippen molar-refractivity contribution in [2.75, 3.05) is 6.61 Å². The molecule has 1 N–H and O–H groups in total. The van der Waals surface area contributed by atoms with E-state index in [1.165, 1.54) is 7.05 Å². The number of aliphatic hydroxyl groups excluding tert-OH is 1. The smallest absolute Gasteiger partial charge is 0.331 e. The van der Waals surface area contributed by atoms with E-state index in [1.54, 1.807) is 23.0 Å². The van der Waals surface area contributed by atoms with Gasteiger partial charge in [0.05, 0.1) is 40.9 Å². The average Bonchev–Trinajstić information content (AvgIpc) is 3.44. The minimum absolute atomic E-state index is 0.0526. The number of nitrogens with zero attached hydrogens (tertiary/aromatic N) is 4. The fourth-order valence-electron chi connectivity index (χ4n) is 4.70. The Morgan fingerprint density at radius 2 is 1.90 bits per heavy atom. The van der Waals surface area contributed by atoms with Crippen LogP contribution in [0, 0.1) is 6.92 Å². The van der Waals surface area contributed by atoms with Crippen LogP contribution in [0.3, 0.4) is 0 Å². The van der Waals surface area contributed by atoms with E-state index in [-0.39, 0.29) is 29.8 Å². The predicted molar refractivity (Wildman–Crippen MR) is 117 cm³/mol. The van der Waals surface area contributed by atoms with Gasteiger partial charge in [0.15, 0.2) is 0 Å². The Morgan fingerprint density at radius 3 is 2.53 bits per heavy atom. The average molecular weight is 423 g/mol. The first-order chi connectivity index (χ1) is 14.4. The van der Waals surface area contributed by atoms with Crippen molar-refractivity contribution in [1.29, 1.82) is 0 Å². The number of fused-ring (bicyclic) bond motifs is 3. The lowest BCUT2D eigenvalue weighted by Gasteiger charge is -2.15. The van der Waals surface area contributed by atoms with Crippen molar-refractivity contribution < 1.29 is 5.11 Å². The molecule has 4 aromatic rings. The van der Waals surface area contributed by atoms with Gasteiger partial charge in [-0.1, -0.05) is 30.3 Å². The summed E-state index contributed by atoms with van der Waals surface area (Å²) in [6.45, 7) is 1.90. The van der Waals surface area contributed by atoms with Crippen LogP contribution < -0.4 is 11.2 Å². The Kier molecular flexibility index (Phi) is 4.30. The Labute approximate surface area is 176 Å². The van der Waals surface area contributed by atoms with Crippen molar-refractivity contribution >= 4 is 22.2 Å². The minimum Gasteiger partial charge on any atom is -0.394 e. The number of hydrogen-bond acceptors (Lipinski definition) is 5. The highest BCUT2D eigenvalue weighted by atomic mass is 32.1. The van der Waals surface area contributed by atoms with Crippen molar-refractivity contribution in [3.05, 3.63) is 72.9 Å². The number of benzene rings is 1. The first-order valence-corrected chi connectivity index (χ1v) is 10.7. The summed E-state index contributed by atoms with van der Waals surface area (Å²) in [5, 5.41) is 13.7. The number of thiazole rings is 1. The summed E-state index contributed by atoms with van der Waals surface area (Å²) in [4.78, 5) is 30.8. The molecule has 0 saturated heterocycles. The van der Waals surface area contributed by atoms with Crippen LogP contribution in [0.2, 0.25) is 0 Å². The van der Waals surface area contributed by atoms with Crippen molar-refractivity contribution in [2.45, 2.75) is 25.3 Å². The monoisotopic (exact) mass is 422 g/mol. The molecule has 3 aromatic heterocycles. The molecule has 0 saturated carbocycles. The molecule has 30 heavy (non-hydrogen) atoms. The second-order valence-corrected chi connectivity index (χ2v) is 8.74. The molecule has 2 atom stereocenters. The van der Waals surface area contributed by atoms with E-state index in [4.69, 9.17) is 4.98 Å². The molecule has 5 rings (SSSR count). The van der Waals surface area contributed by atoms with E-state index in [9.17, 15) is 14.7 Å². The summed E-state index contributed by atoms with van der Waals surface area (Å²) < 4.78 is 4.78. The van der Waals surface area contributed by atoms with Crippen molar-refractivity contribution in [1.82, 2.24) is 18.7 Å². The van der Waals surface area contributed by atoms with Gasteiger partial charge >= 0.3 is 5.69 Å². The van der Waals surface area contributed by atoms with Gasteiger partial charge < -0.3 is 9.67 Å². The van der Waals surface area contributed by atoms with E-state index in [1.807, 2.05) is 42.6 Å². The van der Waals surface area contributed by atoms with Crippen LogP contribution in [0.4, 0.5) is 0 Å². The van der Waals surface area contributed by atoms with Crippen LogP contribution in [0.1, 0.15) is 34.8 Å². The Bertz CT molecular complexity index is 1390. The Hall–Kier alpha value is -2.97. The fraction of sp³-hybridized carbons (Fsp3) is 0.318. The molecule has 8 heteroatoms. The number of hydrogen-bond donors (Lipinski definition) is 1. The predicted octanol–water partition coefficient (Wildman–Crippen LogP) is 2.54. The Balaban J connectivity index is 1.99. The summed E-state index contributed by atoms with van der Waals surface area (Å²) in [5.41, 5.74) is 3.43. The molecular weight excluding hydrogens is 400 g/mol. The van der Waals surface area contributed by atoms with E-state index in [2.05, 4.69) is 4.57 Å². The first-order valence-electron chi connectivity index (χ1n) is 9.86. The standard InChI is InChI=1S/C22H22N4O3S/c1-12-11-30-20(23-12)15-9-14(10-27)26-17(13-7-5-4-6-8-13)16-19(18(15)26)24(2)22(29)25(3)21(16)28/h4-8,11,14-15,27H,9-10H2,1-3H3/t14-,15+/m1/s1. The summed E-state index contributed by atoms with van der Waals surface area (Å²) in [6, 6.07) is 9.51. The highest BCUT2D eigenvalue weighted by Crippen LogP contribution is 2.48. The molecule has 1 aromatic carbocycles. The molecule has 0 radical (unpaired) electrons. The largest absolute Gasteiger partial charge is 0.394 e. The van der Waals surface area contributed by atoms with Gasteiger partial charge in [0, 0.05) is 25.2 Å². The van der Waals surface area contributed by atoms with E-state index < -0.39 is 0 Å². The molecule has 0 aliphatic carbocycles. The van der Waals surface area contributed by atoms with Gasteiger partial charge in [-0.25, -0.2) is 9.78 Å². The zero-order valence-electron chi connectivity index (χ0n) is 17.0. The highest BCUT2D eigenvalue weighted by molar-refractivity contribution is 7.09. The maximum Gasteiger partial charge on any atom is 0.331 e. The van der Waals surface area contributed by atoms with Gasteiger partial charge in [-0.2, -0.15) is 0 Å². The summed E-state index contributed by atoms with van der Waals surface area (Å²) in [5.74, 6) is -0.0847. The molecule has 0 amide bonds. The number of aliphatic hydroxyl groups is 1. The quantitative estimate of drug-likeness (QED) is 0.550. The van der Waals surface area contributed by atoms with Crippen LogP contribution in [-0.2, 0) is 14.1 Å². The zero-order chi connectivity index (χ0) is 21.2. The van der Waals surface area contributed by atoms with Gasteiger partial charge in [0.1, 0.15) is 5.01 Å². The van der Waals surface area contributed by atoms with Crippen LogP contribution >= 0.6 is 11.3 Å². The first kappa shape index (κ1) is 19.0. The van der Waals surface area contributed by atoms with Gasteiger partial charge in [-0.3, -0.25) is 13.9 Å². The highest BCUT2D eigenvalue weighted by Gasteiger charge is 2.40. The van der Waals surface area contributed by atoms with Crippen molar-refractivity contribution in [3.8, 4) is 11.3 Å². The lowest BCUT2D eigenvalue weighted by Crippen LogP contribution is -2.37. The molecule has 1 aliphatic heterocycles. The lowest BCUT2D eigenvalue weighted by atomic mass is 10.00. The van der Waals surface area contributed by atoms with E-state index >= 15 is 0 Å². The zero-order valence-corrected chi connectivity index (χ0v) is 17.8. The van der Waals surface area contributed by atoms with Crippen LogP contribution in [0.5, 0.6) is 0 Å². The summed E-state index contributed by atoms with van der Waals surface area (Å²) in [7, 11) is 3.21. The van der Waals surface area contributed by atoms with Gasteiger partial charge in [0.2, 0.25) is 0 Å². The third-order valence-electron chi connectivity index (χ3n) is 6.04. The maximum atomic E-state index is 13.3. The molecule has 0 spiro atoms. The molecular formula is C22H22N4O3S. The van der Waals surface area contributed by atoms with Gasteiger partial charge in [0.25, 0.3) is 5.56 Å². The number of rotatable bonds is 3. The van der Waals surface area contributed by atoms with Gasteiger partial charge in [-0.15, -0.1) is 11.3 Å². The molecule has 7 nitrogen and oxygen atoms in total. The second kappa shape index (κ2) is 6.78. The van der Waals surface area contributed by atoms with Crippen molar-refractivity contribution in [3.63, 3.8) is 0 Å². The minimum atomic E-state index is -0.359. The second-order valence-electron chi connectivity index (χ2n) is 7.85. The summed E-state index contributed by atoms with van der Waals surface area (Å²) in [6.07, 6.45) is 0.679. The van der Waals surface area contributed by atoms with Crippen LogP contribution in [0.25, 0.3) is 22.2 Å². The molecule has 0 bridgehead atoms. The molecule has 4 heterocycles. The van der Waals surface area contributed by atoms with Gasteiger partial charge in [-0.05, 0) is 18.9 Å². The number of aryl methyl sites for hydroxylation is 2. The molecule has 0 fully saturated rings. The van der Waals surface area contributed by atoms with E-state index in [0.29, 0.717) is 17.3 Å². The Morgan fingerprint density at radius 1 is 1.17 bits per heavy atom. The summed E-state index contributed by atoms with van der Waals surface area (Å²) >= 11 is 1.58. The molecule has 1 aliphatic rings. The van der Waals surface area contributed by atoms with Crippen molar-refractivity contribution in [2.24, 2.45) is 14.1 Å². The third-order valence-corrected chi connectivity index (χ3v) is 7.12. The van der Waals surface area contributed by atoms with Crippen LogP contribution in [0.15, 0.2) is 45.3 Å². The van der Waals surface area contributed by atoms with E-state index in [0.717, 1.165) is 32.2 Å².